The molecule has 5 nitrogen and oxygen atoms in total. The second kappa shape index (κ2) is 6.11. The third kappa shape index (κ3) is 3.61. The van der Waals surface area contributed by atoms with Gasteiger partial charge >= 0.3 is 0 Å². The number of aromatic nitrogens is 2. The molecule has 1 aromatic carbocycles. The summed E-state index contributed by atoms with van der Waals surface area (Å²) in [6, 6.07) is 5.40. The van der Waals surface area contributed by atoms with E-state index in [1.165, 1.54) is 6.33 Å². The van der Waals surface area contributed by atoms with Crippen molar-refractivity contribution < 1.29 is 8.42 Å². The second-order valence-corrected chi connectivity index (χ2v) is 6.40. The van der Waals surface area contributed by atoms with Gasteiger partial charge in [0.2, 0.25) is 10.0 Å². The third-order valence-electron chi connectivity index (χ3n) is 2.95. The first-order valence-electron chi connectivity index (χ1n) is 6.30. The van der Waals surface area contributed by atoms with Crippen molar-refractivity contribution in [3.8, 4) is 0 Å². The predicted molar refractivity (Wildman–Crippen MR) is 76.8 cm³/mol. The van der Waals surface area contributed by atoms with Gasteiger partial charge in [0.15, 0.2) is 0 Å². The molecule has 0 saturated heterocycles. The van der Waals surface area contributed by atoms with Crippen LogP contribution in [-0.4, -0.2) is 24.9 Å². The van der Waals surface area contributed by atoms with Crippen molar-refractivity contribution in [3.63, 3.8) is 0 Å². The Morgan fingerprint density at radius 2 is 1.85 bits per heavy atom. The molecule has 0 aliphatic rings. The first-order chi connectivity index (χ1) is 9.49. The molecule has 106 valence electrons. The lowest BCUT2D eigenvalue weighted by Crippen LogP contribution is -2.26. The van der Waals surface area contributed by atoms with Crippen LogP contribution in [0.5, 0.6) is 0 Å². The van der Waals surface area contributed by atoms with E-state index >= 15 is 0 Å². The Kier molecular flexibility index (Phi) is 4.46. The summed E-state index contributed by atoms with van der Waals surface area (Å²) in [4.78, 5) is 8.13. The van der Waals surface area contributed by atoms with Gasteiger partial charge in [-0.3, -0.25) is 0 Å². The van der Waals surface area contributed by atoms with Gasteiger partial charge in [-0.1, -0.05) is 12.1 Å². The van der Waals surface area contributed by atoms with Crippen LogP contribution in [0.1, 0.15) is 16.7 Å². The van der Waals surface area contributed by atoms with Crippen LogP contribution in [0.2, 0.25) is 0 Å². The quantitative estimate of drug-likeness (QED) is 0.908. The molecule has 0 bridgehead atoms. The molecule has 1 heterocycles. The maximum Gasteiger partial charge on any atom is 0.240 e. The molecule has 0 atom stereocenters. The molecule has 1 aromatic heterocycles. The van der Waals surface area contributed by atoms with Gasteiger partial charge in [-0.05, 0) is 43.0 Å². The fraction of sp³-hybridized carbons (Fsp3) is 0.286. The van der Waals surface area contributed by atoms with Gasteiger partial charge in [-0.2, -0.15) is 0 Å². The minimum absolute atomic E-state index is 0.323. The summed E-state index contributed by atoms with van der Waals surface area (Å²) in [6.45, 7) is 3.99. The number of hydrogen-bond acceptors (Lipinski definition) is 4. The van der Waals surface area contributed by atoms with E-state index in [0.29, 0.717) is 17.9 Å². The van der Waals surface area contributed by atoms with Crippen LogP contribution < -0.4 is 4.72 Å². The van der Waals surface area contributed by atoms with Crippen molar-refractivity contribution in [1.29, 1.82) is 0 Å². The molecule has 0 spiro atoms. The molecule has 2 aromatic rings. The van der Waals surface area contributed by atoms with Gasteiger partial charge in [0, 0.05) is 18.9 Å². The molecule has 6 heteroatoms. The van der Waals surface area contributed by atoms with Gasteiger partial charge in [-0.15, -0.1) is 0 Å². The van der Waals surface area contributed by atoms with Gasteiger partial charge in [0.05, 0.1) is 4.90 Å². The Morgan fingerprint density at radius 1 is 1.15 bits per heavy atom. The molecule has 0 amide bonds. The Labute approximate surface area is 119 Å². The normalized spacial score (nSPS) is 11.5. The number of nitrogens with one attached hydrogen (secondary N) is 1. The number of sulfonamides is 1. The number of hydrogen-bond donors (Lipinski definition) is 1. The Bertz CT molecular complexity index is 685. The fourth-order valence-electron chi connectivity index (χ4n) is 1.86. The largest absolute Gasteiger partial charge is 0.245 e. The van der Waals surface area contributed by atoms with Crippen LogP contribution in [0.25, 0.3) is 0 Å². The number of rotatable bonds is 5. The van der Waals surface area contributed by atoms with E-state index in [0.717, 1.165) is 16.7 Å². The number of aryl methyl sites for hydroxylation is 2. The second-order valence-electron chi connectivity index (χ2n) is 4.66. The zero-order valence-corrected chi connectivity index (χ0v) is 12.3. The molecule has 0 radical (unpaired) electrons. The van der Waals surface area contributed by atoms with Crippen LogP contribution in [0.4, 0.5) is 0 Å². The molecule has 0 aliphatic carbocycles. The lowest BCUT2D eigenvalue weighted by atomic mass is 10.2. The molecule has 0 saturated carbocycles. The van der Waals surface area contributed by atoms with Gasteiger partial charge in [-0.25, -0.2) is 23.1 Å². The van der Waals surface area contributed by atoms with Crippen LogP contribution in [-0.2, 0) is 16.4 Å². The highest BCUT2D eigenvalue weighted by Gasteiger charge is 2.16. The lowest BCUT2D eigenvalue weighted by molar-refractivity contribution is 0.581. The van der Waals surface area contributed by atoms with Crippen LogP contribution in [0.15, 0.2) is 41.8 Å². The lowest BCUT2D eigenvalue weighted by Gasteiger charge is -2.10. The highest BCUT2D eigenvalue weighted by Crippen LogP contribution is 2.16. The summed E-state index contributed by atoms with van der Waals surface area (Å²) in [5.41, 5.74) is 2.56. The van der Waals surface area contributed by atoms with E-state index in [1.807, 2.05) is 19.1 Å². The number of benzene rings is 1. The standard InChI is InChI=1S/C14H17N3O2S/c1-11-3-4-12(2)14(7-11)20(18,19)17-6-5-13-8-15-10-16-9-13/h3-4,7-10,17H,5-6H2,1-2H3. The van der Waals surface area contributed by atoms with Crippen molar-refractivity contribution >= 4 is 10.0 Å². The molecule has 20 heavy (non-hydrogen) atoms. The van der Waals surface area contributed by atoms with Gasteiger partial charge in [0.1, 0.15) is 6.33 Å². The minimum atomic E-state index is -3.47. The predicted octanol–water partition coefficient (Wildman–Crippen LogP) is 1.61. The summed E-state index contributed by atoms with van der Waals surface area (Å²) in [5, 5.41) is 0. The number of nitrogens with zero attached hydrogens (tertiary/aromatic N) is 2. The van der Waals surface area contributed by atoms with E-state index in [-0.39, 0.29) is 0 Å². The van der Waals surface area contributed by atoms with E-state index in [1.54, 1.807) is 25.4 Å². The molecule has 0 unspecified atom stereocenters. The van der Waals surface area contributed by atoms with Crippen molar-refractivity contribution in [2.75, 3.05) is 6.54 Å². The fourth-order valence-corrected chi connectivity index (χ4v) is 3.22. The third-order valence-corrected chi connectivity index (χ3v) is 4.56. The van der Waals surface area contributed by atoms with Crippen molar-refractivity contribution in [2.45, 2.75) is 25.2 Å². The Balaban J connectivity index is 2.06. The van der Waals surface area contributed by atoms with E-state index < -0.39 is 10.0 Å². The zero-order chi connectivity index (χ0) is 14.6. The van der Waals surface area contributed by atoms with E-state index in [9.17, 15) is 8.42 Å². The summed E-state index contributed by atoms with van der Waals surface area (Å²) in [6.07, 6.45) is 5.37. The Hall–Kier alpha value is -1.79. The Morgan fingerprint density at radius 3 is 2.55 bits per heavy atom. The first kappa shape index (κ1) is 14.6. The van der Waals surface area contributed by atoms with Crippen molar-refractivity contribution in [1.82, 2.24) is 14.7 Å². The summed E-state index contributed by atoms with van der Waals surface area (Å²) >= 11 is 0. The van der Waals surface area contributed by atoms with Crippen LogP contribution in [0.3, 0.4) is 0 Å². The van der Waals surface area contributed by atoms with Crippen LogP contribution in [0, 0.1) is 13.8 Å². The molecule has 1 N–H and O–H groups in total. The van der Waals surface area contributed by atoms with Crippen LogP contribution >= 0.6 is 0 Å². The molecule has 0 fully saturated rings. The molecular formula is C14H17N3O2S. The topological polar surface area (TPSA) is 72.0 Å². The average molecular weight is 291 g/mol. The highest BCUT2D eigenvalue weighted by molar-refractivity contribution is 7.89. The first-order valence-corrected chi connectivity index (χ1v) is 7.78. The zero-order valence-electron chi connectivity index (χ0n) is 11.5. The molecular weight excluding hydrogens is 274 g/mol. The summed E-state index contributed by atoms with van der Waals surface area (Å²) in [5.74, 6) is 0. The van der Waals surface area contributed by atoms with Gasteiger partial charge in [0.25, 0.3) is 0 Å². The summed E-state index contributed by atoms with van der Waals surface area (Å²) < 4.78 is 27.1. The van der Waals surface area contributed by atoms with Crippen molar-refractivity contribution in [2.24, 2.45) is 0 Å². The van der Waals surface area contributed by atoms with Gasteiger partial charge < -0.3 is 0 Å². The smallest absolute Gasteiger partial charge is 0.240 e. The van der Waals surface area contributed by atoms with Crippen molar-refractivity contribution in [3.05, 3.63) is 53.6 Å². The molecule has 0 aliphatic heterocycles. The van der Waals surface area contributed by atoms with E-state index in [2.05, 4.69) is 14.7 Å². The monoisotopic (exact) mass is 291 g/mol. The maximum atomic E-state index is 12.3. The summed E-state index contributed by atoms with van der Waals surface area (Å²) in [7, 11) is -3.47. The minimum Gasteiger partial charge on any atom is -0.245 e. The average Bonchev–Trinajstić information content (AvgIpc) is 2.42. The molecule has 2 rings (SSSR count). The maximum absolute atomic E-state index is 12.3. The highest BCUT2D eigenvalue weighted by atomic mass is 32.2. The van der Waals surface area contributed by atoms with E-state index in [4.69, 9.17) is 0 Å². The SMILES string of the molecule is Cc1ccc(C)c(S(=O)(=O)NCCc2cncnc2)c1.